The molecule has 0 N–H and O–H groups in total. The van der Waals surface area contributed by atoms with Gasteiger partial charge < -0.3 is 9.80 Å². The van der Waals surface area contributed by atoms with Gasteiger partial charge in [0.2, 0.25) is 5.91 Å². The van der Waals surface area contributed by atoms with Gasteiger partial charge in [-0.1, -0.05) is 28.1 Å². The van der Waals surface area contributed by atoms with Crippen molar-refractivity contribution >= 4 is 27.5 Å². The molecule has 2 fully saturated rings. The van der Waals surface area contributed by atoms with Gasteiger partial charge in [0.05, 0.1) is 0 Å². The van der Waals surface area contributed by atoms with Gasteiger partial charge in [-0.2, -0.15) is 0 Å². The maximum Gasteiger partial charge on any atom is 0.223 e. The van der Waals surface area contributed by atoms with Crippen LogP contribution in [0.4, 0.5) is 5.69 Å². The van der Waals surface area contributed by atoms with Crippen molar-refractivity contribution in [2.24, 2.45) is 5.92 Å². The Morgan fingerprint density at radius 1 is 1.10 bits per heavy atom. The zero-order valence-corrected chi connectivity index (χ0v) is 14.0. The largest absolute Gasteiger partial charge is 0.372 e. The van der Waals surface area contributed by atoms with E-state index in [9.17, 15) is 4.79 Å². The number of nitrogens with zero attached hydrogens (tertiary/aromatic N) is 2. The quantitative estimate of drug-likeness (QED) is 0.776. The lowest BCUT2D eigenvalue weighted by molar-refractivity contribution is -0.128. The van der Waals surface area contributed by atoms with Crippen molar-refractivity contribution in [3.63, 3.8) is 0 Å². The Bertz CT molecular complexity index is 482. The summed E-state index contributed by atoms with van der Waals surface area (Å²) in [6.45, 7) is 3.99. The molecule has 0 saturated carbocycles. The van der Waals surface area contributed by atoms with E-state index in [0.29, 0.717) is 18.2 Å². The molecule has 1 aromatic carbocycles. The van der Waals surface area contributed by atoms with Gasteiger partial charge in [0.1, 0.15) is 0 Å². The summed E-state index contributed by atoms with van der Waals surface area (Å²) in [4.78, 5) is 16.4. The second-order valence-electron chi connectivity index (χ2n) is 6.21. The summed E-state index contributed by atoms with van der Waals surface area (Å²) < 4.78 is 0. The fourth-order valence-corrected chi connectivity index (χ4v) is 3.73. The van der Waals surface area contributed by atoms with Crippen LogP contribution in [0.25, 0.3) is 0 Å². The van der Waals surface area contributed by atoms with Crippen LogP contribution in [0.3, 0.4) is 0 Å². The predicted molar refractivity (Wildman–Crippen MR) is 89.8 cm³/mol. The van der Waals surface area contributed by atoms with Crippen molar-refractivity contribution in [2.45, 2.75) is 32.2 Å². The molecule has 2 aliphatic rings. The third kappa shape index (κ3) is 3.60. The molecule has 0 bridgehead atoms. The number of piperidine rings is 1. The maximum absolute atomic E-state index is 12.0. The lowest BCUT2D eigenvalue weighted by Crippen LogP contribution is -2.29. The van der Waals surface area contributed by atoms with E-state index in [1.165, 1.54) is 43.6 Å². The Morgan fingerprint density at radius 3 is 2.43 bits per heavy atom. The van der Waals surface area contributed by atoms with E-state index in [1.807, 2.05) is 4.90 Å². The van der Waals surface area contributed by atoms with Crippen LogP contribution < -0.4 is 4.90 Å². The molecule has 0 aromatic heterocycles. The standard InChI is InChI=1S/C17H23BrN2O/c18-11-15-10-17(21)20(13-15)12-14-4-6-16(7-5-14)19-8-2-1-3-9-19/h4-7,15H,1-3,8-13H2. The van der Waals surface area contributed by atoms with Crippen molar-refractivity contribution in [1.29, 1.82) is 0 Å². The fraction of sp³-hybridized carbons (Fsp3) is 0.588. The third-order valence-electron chi connectivity index (χ3n) is 4.54. The first-order valence-corrected chi connectivity index (χ1v) is 9.06. The van der Waals surface area contributed by atoms with Gasteiger partial charge in [0.25, 0.3) is 0 Å². The van der Waals surface area contributed by atoms with Crippen molar-refractivity contribution in [3.8, 4) is 0 Å². The lowest BCUT2D eigenvalue weighted by atomic mass is 10.1. The summed E-state index contributed by atoms with van der Waals surface area (Å²) in [6, 6.07) is 8.78. The highest BCUT2D eigenvalue weighted by molar-refractivity contribution is 9.09. The summed E-state index contributed by atoms with van der Waals surface area (Å²) in [5.74, 6) is 0.768. The van der Waals surface area contributed by atoms with E-state index in [0.717, 1.165) is 18.4 Å². The van der Waals surface area contributed by atoms with E-state index in [-0.39, 0.29) is 0 Å². The summed E-state index contributed by atoms with van der Waals surface area (Å²) in [5, 5.41) is 0.920. The van der Waals surface area contributed by atoms with Crippen LogP contribution in [0.2, 0.25) is 0 Å². The number of carbonyl (C=O) groups excluding carboxylic acids is 1. The predicted octanol–water partition coefficient (Wildman–Crippen LogP) is 3.42. The molecule has 4 heteroatoms. The number of benzene rings is 1. The van der Waals surface area contributed by atoms with Crippen LogP contribution in [0.5, 0.6) is 0 Å². The zero-order valence-electron chi connectivity index (χ0n) is 12.4. The number of hydrogen-bond acceptors (Lipinski definition) is 2. The second kappa shape index (κ2) is 6.82. The minimum Gasteiger partial charge on any atom is -0.372 e. The van der Waals surface area contributed by atoms with Crippen molar-refractivity contribution in [2.75, 3.05) is 29.9 Å². The maximum atomic E-state index is 12.0. The number of likely N-dealkylation sites (tertiary alicyclic amines) is 1. The topological polar surface area (TPSA) is 23.6 Å². The Labute approximate surface area is 135 Å². The molecule has 2 heterocycles. The second-order valence-corrected chi connectivity index (χ2v) is 6.86. The molecule has 1 amide bonds. The Morgan fingerprint density at radius 2 is 1.81 bits per heavy atom. The molecule has 3 nitrogen and oxygen atoms in total. The fourth-order valence-electron chi connectivity index (χ4n) is 3.29. The molecule has 2 aliphatic heterocycles. The van der Waals surface area contributed by atoms with Gasteiger partial charge in [0.15, 0.2) is 0 Å². The molecule has 1 atom stereocenters. The van der Waals surface area contributed by atoms with Gasteiger partial charge in [-0.25, -0.2) is 0 Å². The Balaban J connectivity index is 1.60. The van der Waals surface area contributed by atoms with E-state index < -0.39 is 0 Å². The third-order valence-corrected chi connectivity index (χ3v) is 5.46. The number of rotatable bonds is 4. The smallest absolute Gasteiger partial charge is 0.223 e. The highest BCUT2D eigenvalue weighted by Gasteiger charge is 2.28. The summed E-state index contributed by atoms with van der Waals surface area (Å²) >= 11 is 3.49. The van der Waals surface area contributed by atoms with Gasteiger partial charge in [-0.15, -0.1) is 0 Å². The van der Waals surface area contributed by atoms with Crippen molar-refractivity contribution in [1.82, 2.24) is 4.90 Å². The van der Waals surface area contributed by atoms with Crippen LogP contribution in [-0.2, 0) is 11.3 Å². The highest BCUT2D eigenvalue weighted by Crippen LogP contribution is 2.24. The number of amides is 1. The highest BCUT2D eigenvalue weighted by atomic mass is 79.9. The lowest BCUT2D eigenvalue weighted by Gasteiger charge is -2.29. The molecular weight excluding hydrogens is 328 g/mol. The molecular formula is C17H23BrN2O. The van der Waals surface area contributed by atoms with E-state index >= 15 is 0 Å². The normalized spacial score (nSPS) is 22.9. The summed E-state index contributed by atoms with van der Waals surface area (Å²) in [5.41, 5.74) is 2.56. The minimum absolute atomic E-state index is 0.291. The average Bonchev–Trinajstić information content (AvgIpc) is 2.89. The first-order valence-electron chi connectivity index (χ1n) is 7.94. The summed E-state index contributed by atoms with van der Waals surface area (Å²) in [7, 11) is 0. The van der Waals surface area contributed by atoms with Gasteiger partial charge in [-0.05, 0) is 42.9 Å². The molecule has 2 saturated heterocycles. The SMILES string of the molecule is O=C1CC(CBr)CN1Cc1ccc(N2CCCCC2)cc1. The number of halogens is 1. The average molecular weight is 351 g/mol. The van der Waals surface area contributed by atoms with E-state index in [1.54, 1.807) is 0 Å². The van der Waals surface area contributed by atoms with Gasteiger partial charge in [-0.3, -0.25) is 4.79 Å². The number of hydrogen-bond donors (Lipinski definition) is 0. The monoisotopic (exact) mass is 350 g/mol. The molecule has 21 heavy (non-hydrogen) atoms. The number of carbonyl (C=O) groups is 1. The first kappa shape index (κ1) is 14.9. The molecule has 0 aliphatic carbocycles. The number of alkyl halides is 1. The van der Waals surface area contributed by atoms with E-state index in [2.05, 4.69) is 45.1 Å². The summed E-state index contributed by atoms with van der Waals surface area (Å²) in [6.07, 6.45) is 4.66. The molecule has 0 radical (unpaired) electrons. The van der Waals surface area contributed by atoms with Gasteiger partial charge >= 0.3 is 0 Å². The van der Waals surface area contributed by atoms with Crippen LogP contribution >= 0.6 is 15.9 Å². The number of anilines is 1. The molecule has 0 spiro atoms. The minimum atomic E-state index is 0.291. The van der Waals surface area contributed by atoms with Crippen LogP contribution in [0.1, 0.15) is 31.2 Å². The Hall–Kier alpha value is -1.03. The Kier molecular flexibility index (Phi) is 4.84. The van der Waals surface area contributed by atoms with E-state index in [4.69, 9.17) is 0 Å². The van der Waals surface area contributed by atoms with Gasteiger partial charge in [0, 0.05) is 43.6 Å². The van der Waals surface area contributed by atoms with Crippen LogP contribution in [0.15, 0.2) is 24.3 Å². The zero-order chi connectivity index (χ0) is 14.7. The van der Waals surface area contributed by atoms with Crippen LogP contribution in [-0.4, -0.2) is 35.8 Å². The first-order chi connectivity index (χ1) is 10.3. The molecule has 1 unspecified atom stereocenters. The molecule has 114 valence electrons. The molecule has 1 aromatic rings. The van der Waals surface area contributed by atoms with Crippen molar-refractivity contribution < 1.29 is 4.79 Å². The van der Waals surface area contributed by atoms with Crippen molar-refractivity contribution in [3.05, 3.63) is 29.8 Å². The van der Waals surface area contributed by atoms with Crippen LogP contribution in [0, 0.1) is 5.92 Å². The molecule has 3 rings (SSSR count).